The summed E-state index contributed by atoms with van der Waals surface area (Å²) < 4.78 is 0. The number of rotatable bonds is 6. The van der Waals surface area contributed by atoms with Crippen LogP contribution in [0.15, 0.2) is 90.0 Å². The van der Waals surface area contributed by atoms with Gasteiger partial charge in [-0.15, -0.1) is 0 Å². The molecule has 5 rings (SSSR count). The van der Waals surface area contributed by atoms with Crippen LogP contribution in [0.1, 0.15) is 41.3 Å². The van der Waals surface area contributed by atoms with Gasteiger partial charge >= 0.3 is 0 Å². The van der Waals surface area contributed by atoms with Gasteiger partial charge in [0.25, 0.3) is 5.91 Å². The molecule has 0 radical (unpaired) electrons. The van der Waals surface area contributed by atoms with E-state index in [-0.39, 0.29) is 12.1 Å². The summed E-state index contributed by atoms with van der Waals surface area (Å²) in [5.41, 5.74) is 6.15. The molecule has 1 atom stereocenters. The number of carbonyl (C=O) groups excluding carboxylic acids is 1. The predicted octanol–water partition coefficient (Wildman–Crippen LogP) is 4.56. The first-order chi connectivity index (χ1) is 16.2. The number of fused-ring (bicyclic) bond motifs is 1. The van der Waals surface area contributed by atoms with Crippen molar-refractivity contribution >= 4 is 18.1 Å². The van der Waals surface area contributed by atoms with Crippen LogP contribution in [0, 0.1) is 0 Å². The van der Waals surface area contributed by atoms with Crippen LogP contribution in [0.5, 0.6) is 0 Å². The number of carbonyl (C=O) groups is 1. The molecule has 0 spiro atoms. The van der Waals surface area contributed by atoms with Gasteiger partial charge in [-0.1, -0.05) is 54.6 Å². The van der Waals surface area contributed by atoms with Crippen molar-refractivity contribution in [2.45, 2.75) is 25.9 Å². The molecule has 5 heteroatoms. The molecule has 2 aromatic rings. The fraction of sp³-hybridized carbons (Fsp3) is 0.250. The molecule has 3 aliphatic heterocycles. The van der Waals surface area contributed by atoms with E-state index in [0.29, 0.717) is 5.56 Å². The van der Waals surface area contributed by atoms with Crippen LogP contribution < -0.4 is 10.6 Å². The van der Waals surface area contributed by atoms with E-state index in [9.17, 15) is 4.79 Å². The first kappa shape index (κ1) is 21.3. The van der Waals surface area contributed by atoms with Crippen LogP contribution >= 0.6 is 0 Å². The fourth-order valence-electron chi connectivity index (χ4n) is 4.53. The van der Waals surface area contributed by atoms with Crippen molar-refractivity contribution in [2.24, 2.45) is 0 Å². The zero-order valence-corrected chi connectivity index (χ0v) is 19.0. The standard InChI is InChI=1S/C28H30N4O/c1-21-26(20-31-17-5-6-18-31)30-27-16-15-25(19-32(21)27)29-28(33)24-13-11-23(12-14-24)10-9-22-7-3-2-4-8-22/h2-4,7-16,19,27,30H,5-6,17-18,20H2,1H3,(H,29,33)/b10-9+. The molecule has 0 saturated carbocycles. The minimum atomic E-state index is -0.103. The van der Waals surface area contributed by atoms with Crippen molar-refractivity contribution in [1.29, 1.82) is 0 Å². The van der Waals surface area contributed by atoms with Crippen molar-refractivity contribution in [2.75, 3.05) is 19.6 Å². The molecule has 0 bridgehead atoms. The molecule has 0 aromatic heterocycles. The van der Waals surface area contributed by atoms with Crippen molar-refractivity contribution in [3.8, 4) is 0 Å². The van der Waals surface area contributed by atoms with Crippen LogP contribution in [0.2, 0.25) is 0 Å². The highest BCUT2D eigenvalue weighted by atomic mass is 16.1. The van der Waals surface area contributed by atoms with E-state index in [1.54, 1.807) is 0 Å². The van der Waals surface area contributed by atoms with Gasteiger partial charge in [-0.3, -0.25) is 9.69 Å². The van der Waals surface area contributed by atoms with Crippen LogP contribution in [-0.4, -0.2) is 41.5 Å². The minimum Gasteiger partial charge on any atom is -0.363 e. The SMILES string of the molecule is CC1=C(CN2CCCC2)NC2C=CC(NC(=O)c3ccc(/C=C/c4ccccc4)cc3)=CN12. The van der Waals surface area contributed by atoms with Crippen molar-refractivity contribution in [3.05, 3.63) is 107 Å². The number of amides is 1. The zero-order valence-electron chi connectivity index (χ0n) is 19.0. The number of hydrogen-bond acceptors (Lipinski definition) is 4. The molecule has 2 N–H and O–H groups in total. The summed E-state index contributed by atoms with van der Waals surface area (Å²) in [6.45, 7) is 5.47. The van der Waals surface area contributed by atoms with E-state index >= 15 is 0 Å². The Morgan fingerprint density at radius 2 is 1.73 bits per heavy atom. The van der Waals surface area contributed by atoms with Gasteiger partial charge in [0.05, 0.1) is 5.70 Å². The van der Waals surface area contributed by atoms with Gasteiger partial charge in [0, 0.05) is 29.7 Å². The van der Waals surface area contributed by atoms with E-state index in [2.05, 4.69) is 57.7 Å². The van der Waals surface area contributed by atoms with Crippen LogP contribution in [0.4, 0.5) is 0 Å². The molecule has 2 aromatic carbocycles. The van der Waals surface area contributed by atoms with Gasteiger partial charge in [0.1, 0.15) is 6.17 Å². The number of nitrogens with zero attached hydrogens (tertiary/aromatic N) is 2. The molecule has 1 fully saturated rings. The Bertz CT molecular complexity index is 1120. The van der Waals surface area contributed by atoms with Gasteiger partial charge in [0.2, 0.25) is 0 Å². The van der Waals surface area contributed by atoms with Gasteiger partial charge in [-0.05, 0) is 68.3 Å². The molecule has 0 aliphatic carbocycles. The lowest BCUT2D eigenvalue weighted by Crippen LogP contribution is -2.37. The number of nitrogens with one attached hydrogen (secondary N) is 2. The Morgan fingerprint density at radius 3 is 2.45 bits per heavy atom. The molecule has 1 saturated heterocycles. The summed E-state index contributed by atoms with van der Waals surface area (Å²) in [5, 5.41) is 6.67. The molecule has 1 unspecified atom stereocenters. The molecular weight excluding hydrogens is 408 g/mol. The number of allylic oxidation sites excluding steroid dienone is 2. The molecule has 3 aliphatic rings. The predicted molar refractivity (Wildman–Crippen MR) is 134 cm³/mol. The summed E-state index contributed by atoms with van der Waals surface area (Å²) in [4.78, 5) is 17.5. The first-order valence-corrected chi connectivity index (χ1v) is 11.7. The van der Waals surface area contributed by atoms with E-state index < -0.39 is 0 Å². The zero-order chi connectivity index (χ0) is 22.6. The third-order valence-corrected chi connectivity index (χ3v) is 6.46. The van der Waals surface area contributed by atoms with Crippen LogP contribution in [-0.2, 0) is 0 Å². The largest absolute Gasteiger partial charge is 0.363 e. The highest BCUT2D eigenvalue weighted by Crippen LogP contribution is 2.26. The number of likely N-dealkylation sites (tertiary alicyclic amines) is 1. The monoisotopic (exact) mass is 438 g/mol. The summed E-state index contributed by atoms with van der Waals surface area (Å²) in [5.74, 6) is -0.103. The quantitative estimate of drug-likeness (QED) is 0.650. The van der Waals surface area contributed by atoms with Crippen molar-refractivity contribution < 1.29 is 4.79 Å². The Morgan fingerprint density at radius 1 is 1.03 bits per heavy atom. The second-order valence-corrected chi connectivity index (χ2v) is 8.81. The lowest BCUT2D eigenvalue weighted by Gasteiger charge is -2.26. The molecule has 3 heterocycles. The summed E-state index contributed by atoms with van der Waals surface area (Å²) in [7, 11) is 0. The van der Waals surface area contributed by atoms with E-state index in [1.165, 1.54) is 37.3 Å². The Hall–Kier alpha value is -3.57. The van der Waals surface area contributed by atoms with Crippen LogP contribution in [0.3, 0.4) is 0 Å². The van der Waals surface area contributed by atoms with Gasteiger partial charge in [-0.25, -0.2) is 0 Å². The molecule has 168 valence electrons. The average molecular weight is 439 g/mol. The van der Waals surface area contributed by atoms with Crippen LogP contribution in [0.25, 0.3) is 12.2 Å². The van der Waals surface area contributed by atoms with Crippen molar-refractivity contribution in [1.82, 2.24) is 20.4 Å². The van der Waals surface area contributed by atoms with Crippen molar-refractivity contribution in [3.63, 3.8) is 0 Å². The normalized spacial score (nSPS) is 20.2. The summed E-state index contributed by atoms with van der Waals surface area (Å²) >= 11 is 0. The lowest BCUT2D eigenvalue weighted by molar-refractivity contribution is 0.0966. The molecule has 1 amide bonds. The van der Waals surface area contributed by atoms with Gasteiger partial charge in [0.15, 0.2) is 0 Å². The maximum absolute atomic E-state index is 12.8. The molecular formula is C28H30N4O. The second-order valence-electron chi connectivity index (χ2n) is 8.81. The minimum absolute atomic E-state index is 0.103. The third kappa shape index (κ3) is 4.94. The fourth-order valence-corrected chi connectivity index (χ4v) is 4.53. The van der Waals surface area contributed by atoms with Gasteiger partial charge in [-0.2, -0.15) is 0 Å². The molecule has 33 heavy (non-hydrogen) atoms. The second kappa shape index (κ2) is 9.51. The highest BCUT2D eigenvalue weighted by molar-refractivity contribution is 5.95. The smallest absolute Gasteiger partial charge is 0.255 e. The lowest BCUT2D eigenvalue weighted by atomic mass is 10.1. The first-order valence-electron chi connectivity index (χ1n) is 11.7. The Labute approximate surface area is 195 Å². The maximum atomic E-state index is 12.8. The van der Waals surface area contributed by atoms with E-state index in [1.807, 2.05) is 54.7 Å². The topological polar surface area (TPSA) is 47.6 Å². The number of hydrogen-bond donors (Lipinski definition) is 2. The van der Waals surface area contributed by atoms with E-state index in [4.69, 9.17) is 0 Å². The Kier molecular flexibility index (Phi) is 6.13. The Balaban J connectivity index is 1.22. The summed E-state index contributed by atoms with van der Waals surface area (Å²) in [6, 6.07) is 17.9. The number of benzene rings is 2. The summed E-state index contributed by atoms with van der Waals surface area (Å²) in [6.07, 6.45) is 12.9. The third-order valence-electron chi connectivity index (χ3n) is 6.46. The van der Waals surface area contributed by atoms with Gasteiger partial charge < -0.3 is 15.5 Å². The van der Waals surface area contributed by atoms with E-state index in [0.717, 1.165) is 23.4 Å². The molecule has 5 nitrogen and oxygen atoms in total. The maximum Gasteiger partial charge on any atom is 0.255 e. The average Bonchev–Trinajstić information content (AvgIpc) is 3.47. The highest BCUT2D eigenvalue weighted by Gasteiger charge is 2.29.